The highest BCUT2D eigenvalue weighted by Crippen LogP contribution is 2.29. The predicted octanol–water partition coefficient (Wildman–Crippen LogP) is 4.45. The molecule has 0 aliphatic rings. The van der Waals surface area contributed by atoms with Crippen LogP contribution >= 0.6 is 23.2 Å². The van der Waals surface area contributed by atoms with Gasteiger partial charge in [0.1, 0.15) is 5.82 Å². The normalized spacial score (nSPS) is 14.7. The lowest BCUT2D eigenvalue weighted by Crippen LogP contribution is -2.18. The minimum Gasteiger partial charge on any atom is -0.207 e. The number of halogens is 3. The summed E-state index contributed by atoms with van der Waals surface area (Å²) in [5.41, 5.74) is 0.685. The van der Waals surface area contributed by atoms with E-state index in [1.54, 1.807) is 12.1 Å². The molecule has 1 aromatic rings. The summed E-state index contributed by atoms with van der Waals surface area (Å²) in [5.74, 6) is 0.138. The number of hydrogen-bond acceptors (Lipinski definition) is 0. The molecule has 0 bridgehead atoms. The molecule has 1 unspecified atom stereocenters. The summed E-state index contributed by atoms with van der Waals surface area (Å²) in [4.78, 5) is 0. The highest BCUT2D eigenvalue weighted by Gasteiger charge is 2.20. The van der Waals surface area contributed by atoms with Gasteiger partial charge >= 0.3 is 0 Å². The van der Waals surface area contributed by atoms with Crippen LogP contribution in [-0.4, -0.2) is 5.88 Å². The lowest BCUT2D eigenvalue weighted by Gasteiger charge is -2.23. The third-order valence-electron chi connectivity index (χ3n) is 2.41. The number of alkyl halides is 1. The first-order valence-corrected chi connectivity index (χ1v) is 5.55. The molecule has 0 fully saturated rings. The van der Waals surface area contributed by atoms with E-state index in [4.69, 9.17) is 23.2 Å². The summed E-state index contributed by atoms with van der Waals surface area (Å²) in [7, 11) is 0. The summed E-state index contributed by atoms with van der Waals surface area (Å²) >= 11 is 11.8. The van der Waals surface area contributed by atoms with E-state index in [0.29, 0.717) is 17.3 Å². The Labute approximate surface area is 99.7 Å². The molecule has 0 aliphatic carbocycles. The lowest BCUT2D eigenvalue weighted by atomic mass is 9.86. The Morgan fingerprint density at radius 3 is 2.67 bits per heavy atom. The smallest absolute Gasteiger partial charge is 0.124 e. The van der Waals surface area contributed by atoms with Gasteiger partial charge in [-0.25, -0.2) is 4.39 Å². The van der Waals surface area contributed by atoms with Crippen LogP contribution in [0.2, 0.25) is 5.02 Å². The van der Waals surface area contributed by atoms with Crippen molar-refractivity contribution in [3.05, 3.63) is 47.3 Å². The maximum absolute atomic E-state index is 12.8. The van der Waals surface area contributed by atoms with Crippen LogP contribution in [0.4, 0.5) is 4.39 Å². The van der Waals surface area contributed by atoms with Crippen molar-refractivity contribution in [2.24, 2.45) is 5.41 Å². The monoisotopic (exact) mass is 246 g/mol. The SMILES string of the molecule is C=CC(C)(CCl)Cc1ccc(F)cc1Cl. The zero-order chi connectivity index (χ0) is 11.5. The second-order valence-corrected chi connectivity index (χ2v) is 4.58. The standard InChI is InChI=1S/C12H13Cl2F/c1-3-12(2,8-13)7-9-4-5-10(15)6-11(9)14/h3-6H,1,7-8H2,2H3. The molecule has 0 N–H and O–H groups in total. The largest absolute Gasteiger partial charge is 0.207 e. The van der Waals surface area contributed by atoms with Gasteiger partial charge < -0.3 is 0 Å². The quantitative estimate of drug-likeness (QED) is 0.544. The summed E-state index contributed by atoms with van der Waals surface area (Å²) < 4.78 is 12.8. The van der Waals surface area contributed by atoms with Crippen LogP contribution < -0.4 is 0 Å². The van der Waals surface area contributed by atoms with E-state index in [1.165, 1.54) is 12.1 Å². The molecular weight excluding hydrogens is 234 g/mol. The van der Waals surface area contributed by atoms with E-state index in [-0.39, 0.29) is 11.2 Å². The van der Waals surface area contributed by atoms with Crippen LogP contribution in [0.25, 0.3) is 0 Å². The second kappa shape index (κ2) is 5.00. The molecule has 1 atom stereocenters. The van der Waals surface area contributed by atoms with Crippen molar-refractivity contribution in [1.29, 1.82) is 0 Å². The van der Waals surface area contributed by atoms with Crippen molar-refractivity contribution < 1.29 is 4.39 Å². The van der Waals surface area contributed by atoms with Crippen molar-refractivity contribution in [1.82, 2.24) is 0 Å². The number of benzene rings is 1. The van der Waals surface area contributed by atoms with E-state index in [2.05, 4.69) is 6.58 Å². The van der Waals surface area contributed by atoms with Gasteiger partial charge in [-0.05, 0) is 24.1 Å². The molecule has 0 heterocycles. The van der Waals surface area contributed by atoms with E-state index < -0.39 is 0 Å². The minimum absolute atomic E-state index is 0.205. The van der Waals surface area contributed by atoms with Crippen molar-refractivity contribution in [2.75, 3.05) is 5.88 Å². The van der Waals surface area contributed by atoms with Gasteiger partial charge in [0.15, 0.2) is 0 Å². The predicted molar refractivity (Wildman–Crippen MR) is 64.1 cm³/mol. The Bertz CT molecular complexity index is 363. The van der Waals surface area contributed by atoms with Gasteiger partial charge in [-0.1, -0.05) is 30.7 Å². The average molecular weight is 247 g/mol. The van der Waals surface area contributed by atoms with E-state index in [9.17, 15) is 4.39 Å². The minimum atomic E-state index is -0.324. The molecule has 0 nitrogen and oxygen atoms in total. The fourth-order valence-corrected chi connectivity index (χ4v) is 1.71. The first-order valence-electron chi connectivity index (χ1n) is 4.64. The van der Waals surface area contributed by atoms with Gasteiger partial charge in [-0.3, -0.25) is 0 Å². The van der Waals surface area contributed by atoms with Crippen molar-refractivity contribution in [3.8, 4) is 0 Å². The Kier molecular flexibility index (Phi) is 4.18. The highest BCUT2D eigenvalue weighted by molar-refractivity contribution is 6.31. The molecule has 15 heavy (non-hydrogen) atoms. The van der Waals surface area contributed by atoms with Crippen LogP contribution in [0.1, 0.15) is 12.5 Å². The fourth-order valence-electron chi connectivity index (χ4n) is 1.27. The zero-order valence-corrected chi connectivity index (χ0v) is 10.1. The Balaban J connectivity index is 2.94. The molecule has 0 radical (unpaired) electrons. The van der Waals surface area contributed by atoms with E-state index in [1.807, 2.05) is 6.92 Å². The van der Waals surface area contributed by atoms with Crippen molar-refractivity contribution >= 4 is 23.2 Å². The van der Waals surface area contributed by atoms with Crippen LogP contribution in [0.5, 0.6) is 0 Å². The van der Waals surface area contributed by atoms with Gasteiger partial charge in [-0.2, -0.15) is 0 Å². The van der Waals surface area contributed by atoms with E-state index >= 15 is 0 Å². The second-order valence-electron chi connectivity index (χ2n) is 3.90. The van der Waals surface area contributed by atoms with Crippen molar-refractivity contribution in [2.45, 2.75) is 13.3 Å². The molecule has 0 aliphatic heterocycles. The van der Waals surface area contributed by atoms with Crippen LogP contribution in [-0.2, 0) is 6.42 Å². The van der Waals surface area contributed by atoms with Gasteiger partial charge in [0.25, 0.3) is 0 Å². The fraction of sp³-hybridized carbons (Fsp3) is 0.333. The van der Waals surface area contributed by atoms with Crippen LogP contribution in [0, 0.1) is 11.2 Å². The van der Waals surface area contributed by atoms with Gasteiger partial charge in [0.05, 0.1) is 0 Å². The van der Waals surface area contributed by atoms with Gasteiger partial charge in [-0.15, -0.1) is 18.2 Å². The molecule has 0 aromatic heterocycles. The summed E-state index contributed by atoms with van der Waals surface area (Å²) in [6, 6.07) is 4.40. The molecule has 1 rings (SSSR count). The number of hydrogen-bond donors (Lipinski definition) is 0. The first-order chi connectivity index (χ1) is 7.00. The average Bonchev–Trinajstić information content (AvgIpc) is 2.22. The Morgan fingerprint density at radius 2 is 2.20 bits per heavy atom. The maximum Gasteiger partial charge on any atom is 0.124 e. The summed E-state index contributed by atoms with van der Waals surface area (Å²) in [6.45, 7) is 5.74. The summed E-state index contributed by atoms with van der Waals surface area (Å²) in [5, 5.41) is 0.438. The Morgan fingerprint density at radius 1 is 1.53 bits per heavy atom. The number of rotatable bonds is 4. The summed E-state index contributed by atoms with van der Waals surface area (Å²) in [6.07, 6.45) is 2.47. The molecule has 0 spiro atoms. The highest BCUT2D eigenvalue weighted by atomic mass is 35.5. The van der Waals surface area contributed by atoms with Gasteiger partial charge in [0, 0.05) is 16.3 Å². The molecule has 0 saturated heterocycles. The molecule has 82 valence electrons. The maximum atomic E-state index is 12.8. The third kappa shape index (κ3) is 3.22. The first kappa shape index (κ1) is 12.5. The topological polar surface area (TPSA) is 0 Å². The zero-order valence-electron chi connectivity index (χ0n) is 8.56. The van der Waals surface area contributed by atoms with Gasteiger partial charge in [0.2, 0.25) is 0 Å². The molecule has 0 saturated carbocycles. The van der Waals surface area contributed by atoms with E-state index in [0.717, 1.165) is 5.56 Å². The molecule has 3 heteroatoms. The van der Waals surface area contributed by atoms with Crippen molar-refractivity contribution in [3.63, 3.8) is 0 Å². The number of allylic oxidation sites excluding steroid dienone is 1. The third-order valence-corrected chi connectivity index (χ3v) is 3.37. The molecular formula is C12H13Cl2F. The lowest BCUT2D eigenvalue weighted by molar-refractivity contribution is 0.485. The molecule has 1 aromatic carbocycles. The Hall–Kier alpha value is -0.530. The molecule has 0 amide bonds. The van der Waals surface area contributed by atoms with Crippen LogP contribution in [0.3, 0.4) is 0 Å². The van der Waals surface area contributed by atoms with Crippen LogP contribution in [0.15, 0.2) is 30.9 Å².